The number of non-ortho nitro benzene ring substituents is 1. The van der Waals surface area contributed by atoms with E-state index in [0.29, 0.717) is 16.8 Å². The molecule has 1 aromatic rings. The number of hydrogen-bond donors (Lipinski definition) is 2. The van der Waals surface area contributed by atoms with E-state index in [1.165, 1.54) is 19.1 Å². The van der Waals surface area contributed by atoms with Crippen LogP contribution in [0, 0.1) is 10.1 Å². The van der Waals surface area contributed by atoms with Crippen molar-refractivity contribution in [2.45, 2.75) is 19.9 Å². The maximum Gasteiger partial charge on any atom is 0.269 e. The number of ketones is 1. The van der Waals surface area contributed by atoms with E-state index in [1.54, 1.807) is 19.1 Å². The molecule has 0 spiro atoms. The molecule has 2 rings (SSSR count). The van der Waals surface area contributed by atoms with Gasteiger partial charge >= 0.3 is 0 Å². The zero-order valence-electron chi connectivity index (χ0n) is 11.1. The molecular weight excluding hydrogens is 260 g/mol. The lowest BCUT2D eigenvalue weighted by Gasteiger charge is -2.24. The molecule has 1 atom stereocenters. The molecule has 1 aromatic carbocycles. The predicted molar refractivity (Wildman–Crippen MR) is 74.0 cm³/mol. The van der Waals surface area contributed by atoms with Crippen LogP contribution in [-0.2, 0) is 4.79 Å². The summed E-state index contributed by atoms with van der Waals surface area (Å²) in [5.41, 5.74) is 7.26. The summed E-state index contributed by atoms with van der Waals surface area (Å²) in [5.74, 6) is 0.0340. The zero-order chi connectivity index (χ0) is 14.9. The molecule has 3 N–H and O–H groups in total. The third kappa shape index (κ3) is 2.51. The number of allylic oxidation sites excluding steroid dienone is 1. The first-order chi connectivity index (χ1) is 9.40. The molecule has 0 saturated carbocycles. The van der Waals surface area contributed by atoms with Gasteiger partial charge in [0.1, 0.15) is 6.04 Å². The second-order valence-corrected chi connectivity index (χ2v) is 4.49. The molecule has 1 aliphatic rings. The molecule has 1 aliphatic heterocycles. The Bertz CT molecular complexity index is 649. The summed E-state index contributed by atoms with van der Waals surface area (Å²) >= 11 is 0. The summed E-state index contributed by atoms with van der Waals surface area (Å²) in [7, 11) is 0. The van der Waals surface area contributed by atoms with Crippen LogP contribution < -0.4 is 11.1 Å². The number of rotatable bonds is 3. The lowest BCUT2D eigenvalue weighted by atomic mass is 9.93. The summed E-state index contributed by atoms with van der Waals surface area (Å²) in [6.07, 6.45) is 0. The number of aliphatic imine (C=N–C) groups is 1. The van der Waals surface area contributed by atoms with Crippen molar-refractivity contribution < 1.29 is 9.72 Å². The molecule has 1 heterocycles. The fraction of sp³-hybridized carbons (Fsp3) is 0.231. The van der Waals surface area contributed by atoms with Crippen LogP contribution in [0.4, 0.5) is 5.69 Å². The Balaban J connectivity index is 2.53. The second kappa shape index (κ2) is 5.12. The van der Waals surface area contributed by atoms with Gasteiger partial charge in [0.15, 0.2) is 11.7 Å². The van der Waals surface area contributed by atoms with E-state index in [9.17, 15) is 14.9 Å². The number of nitro groups is 1. The Labute approximate surface area is 115 Å². The van der Waals surface area contributed by atoms with E-state index < -0.39 is 11.0 Å². The number of guanidine groups is 1. The molecule has 0 fully saturated rings. The van der Waals surface area contributed by atoms with E-state index in [-0.39, 0.29) is 17.4 Å². The standard InChI is InChI=1S/C13H14N4O3/c1-7-11(8(2)18)12(16-13(14)15-7)9-4-3-5-10(6-9)17(19)20/h3-6,12H,1-2H3,(H3,14,15,16)/t12-/m0/s1. The number of nitrogens with one attached hydrogen (secondary N) is 1. The third-order valence-corrected chi connectivity index (χ3v) is 3.04. The van der Waals surface area contributed by atoms with Crippen molar-refractivity contribution in [3.63, 3.8) is 0 Å². The highest BCUT2D eigenvalue weighted by atomic mass is 16.6. The highest BCUT2D eigenvalue weighted by molar-refractivity contribution is 5.98. The molecule has 7 nitrogen and oxygen atoms in total. The Morgan fingerprint density at radius 1 is 1.50 bits per heavy atom. The van der Waals surface area contributed by atoms with Crippen LogP contribution in [0.3, 0.4) is 0 Å². The minimum atomic E-state index is -0.617. The van der Waals surface area contributed by atoms with Gasteiger partial charge in [-0.2, -0.15) is 0 Å². The number of Topliss-reactive ketones (excluding diaryl/α,β-unsaturated/α-hetero) is 1. The minimum absolute atomic E-state index is 0.0460. The van der Waals surface area contributed by atoms with Crippen molar-refractivity contribution in [1.82, 2.24) is 5.32 Å². The summed E-state index contributed by atoms with van der Waals surface area (Å²) in [6, 6.07) is 5.43. The first-order valence-corrected chi connectivity index (χ1v) is 5.96. The zero-order valence-corrected chi connectivity index (χ0v) is 11.1. The van der Waals surface area contributed by atoms with Gasteiger partial charge in [-0.1, -0.05) is 12.1 Å². The van der Waals surface area contributed by atoms with Crippen LogP contribution >= 0.6 is 0 Å². The van der Waals surface area contributed by atoms with Gasteiger partial charge < -0.3 is 11.1 Å². The van der Waals surface area contributed by atoms with Crippen molar-refractivity contribution in [3.05, 3.63) is 51.2 Å². The third-order valence-electron chi connectivity index (χ3n) is 3.04. The lowest BCUT2D eigenvalue weighted by molar-refractivity contribution is -0.384. The highest BCUT2D eigenvalue weighted by Gasteiger charge is 2.27. The normalized spacial score (nSPS) is 18.3. The average Bonchev–Trinajstić information content (AvgIpc) is 2.37. The Morgan fingerprint density at radius 2 is 2.20 bits per heavy atom. The number of carbonyl (C=O) groups excluding carboxylic acids is 1. The smallest absolute Gasteiger partial charge is 0.269 e. The van der Waals surface area contributed by atoms with Gasteiger partial charge in [0.05, 0.1) is 4.92 Å². The molecule has 0 aliphatic carbocycles. The molecule has 0 unspecified atom stereocenters. The fourth-order valence-electron chi connectivity index (χ4n) is 2.21. The van der Waals surface area contributed by atoms with Gasteiger partial charge in [0.25, 0.3) is 5.69 Å². The minimum Gasteiger partial charge on any atom is -0.370 e. The number of carbonyl (C=O) groups is 1. The van der Waals surface area contributed by atoms with Gasteiger partial charge in [-0.05, 0) is 19.4 Å². The number of nitro benzene ring substituents is 1. The van der Waals surface area contributed by atoms with Crippen LogP contribution in [0.15, 0.2) is 40.5 Å². The molecule has 20 heavy (non-hydrogen) atoms. The summed E-state index contributed by atoms with van der Waals surface area (Å²) in [5, 5.41) is 13.6. The molecular formula is C13H14N4O3. The van der Waals surface area contributed by atoms with Crippen molar-refractivity contribution in [1.29, 1.82) is 0 Å². The topological polar surface area (TPSA) is 111 Å². The Hall–Kier alpha value is -2.70. The van der Waals surface area contributed by atoms with Crippen molar-refractivity contribution in [2.24, 2.45) is 10.7 Å². The summed E-state index contributed by atoms with van der Waals surface area (Å²) in [6.45, 7) is 3.16. The largest absolute Gasteiger partial charge is 0.370 e. The second-order valence-electron chi connectivity index (χ2n) is 4.49. The van der Waals surface area contributed by atoms with Gasteiger partial charge in [0.2, 0.25) is 0 Å². The van der Waals surface area contributed by atoms with Crippen molar-refractivity contribution >= 4 is 17.4 Å². The number of nitrogens with two attached hydrogens (primary N) is 1. The summed E-state index contributed by atoms with van der Waals surface area (Å²) < 4.78 is 0. The SMILES string of the molecule is CC(=O)C1=C(C)NC(N)=N[C@H]1c1cccc([N+](=O)[O-])c1. The van der Waals surface area contributed by atoms with Crippen LogP contribution in [0.2, 0.25) is 0 Å². The molecule has 0 aromatic heterocycles. The summed E-state index contributed by atoms with van der Waals surface area (Å²) in [4.78, 5) is 26.3. The number of nitrogens with zero attached hydrogens (tertiary/aromatic N) is 2. The molecule has 0 amide bonds. The van der Waals surface area contributed by atoms with Gasteiger partial charge in [-0.25, -0.2) is 4.99 Å². The van der Waals surface area contributed by atoms with Gasteiger partial charge in [0, 0.05) is 23.4 Å². The highest BCUT2D eigenvalue weighted by Crippen LogP contribution is 2.32. The molecule has 0 radical (unpaired) electrons. The Morgan fingerprint density at radius 3 is 2.80 bits per heavy atom. The van der Waals surface area contributed by atoms with Gasteiger partial charge in [-0.15, -0.1) is 0 Å². The quantitative estimate of drug-likeness (QED) is 0.639. The van der Waals surface area contributed by atoms with Crippen LogP contribution in [-0.4, -0.2) is 16.7 Å². The average molecular weight is 274 g/mol. The number of benzene rings is 1. The molecule has 104 valence electrons. The van der Waals surface area contributed by atoms with E-state index in [4.69, 9.17) is 5.73 Å². The monoisotopic (exact) mass is 274 g/mol. The van der Waals surface area contributed by atoms with E-state index in [0.717, 1.165) is 0 Å². The van der Waals surface area contributed by atoms with E-state index in [2.05, 4.69) is 10.3 Å². The predicted octanol–water partition coefficient (Wildman–Crippen LogP) is 1.42. The van der Waals surface area contributed by atoms with E-state index in [1.807, 2.05) is 0 Å². The first-order valence-electron chi connectivity index (χ1n) is 5.96. The Kier molecular flexibility index (Phi) is 3.51. The fourth-order valence-corrected chi connectivity index (χ4v) is 2.21. The molecule has 7 heteroatoms. The van der Waals surface area contributed by atoms with E-state index >= 15 is 0 Å². The number of hydrogen-bond acceptors (Lipinski definition) is 6. The maximum absolute atomic E-state index is 11.8. The van der Waals surface area contributed by atoms with Crippen LogP contribution in [0.25, 0.3) is 0 Å². The van der Waals surface area contributed by atoms with Crippen molar-refractivity contribution in [2.75, 3.05) is 0 Å². The van der Waals surface area contributed by atoms with Crippen LogP contribution in [0.5, 0.6) is 0 Å². The maximum atomic E-state index is 11.8. The van der Waals surface area contributed by atoms with Gasteiger partial charge in [-0.3, -0.25) is 14.9 Å². The lowest BCUT2D eigenvalue weighted by Crippen LogP contribution is -2.36. The van der Waals surface area contributed by atoms with Crippen LogP contribution in [0.1, 0.15) is 25.5 Å². The molecule has 0 saturated heterocycles. The molecule has 0 bridgehead atoms. The first kappa shape index (κ1) is 13.7. The van der Waals surface area contributed by atoms with Crippen molar-refractivity contribution in [3.8, 4) is 0 Å².